The minimum Gasteiger partial charge on any atom is -0.494 e. The number of carbonyl (C=O) groups excluding carboxylic acids is 1. The van der Waals surface area contributed by atoms with E-state index in [4.69, 9.17) is 10.5 Å². The van der Waals surface area contributed by atoms with Crippen LogP contribution in [0.1, 0.15) is 19.8 Å². The van der Waals surface area contributed by atoms with E-state index >= 15 is 0 Å². The van der Waals surface area contributed by atoms with Crippen LogP contribution in [-0.2, 0) is 14.8 Å². The van der Waals surface area contributed by atoms with Crippen LogP contribution >= 0.6 is 0 Å². The van der Waals surface area contributed by atoms with Gasteiger partial charge in [-0.05, 0) is 44.0 Å². The summed E-state index contributed by atoms with van der Waals surface area (Å²) in [6.45, 7) is 2.96. The fraction of sp³-hybridized carbons (Fsp3) is 0.500. The number of sulfonamides is 1. The minimum absolute atomic E-state index is 0.158. The van der Waals surface area contributed by atoms with Crippen molar-refractivity contribution >= 4 is 15.9 Å². The van der Waals surface area contributed by atoms with Gasteiger partial charge in [-0.25, -0.2) is 8.42 Å². The number of hydrogen-bond donors (Lipinski definition) is 1. The van der Waals surface area contributed by atoms with Crippen molar-refractivity contribution < 1.29 is 17.9 Å². The summed E-state index contributed by atoms with van der Waals surface area (Å²) in [6.07, 6.45) is 1.29. The highest BCUT2D eigenvalue weighted by Gasteiger charge is 2.32. The molecule has 1 heterocycles. The van der Waals surface area contributed by atoms with E-state index in [1.54, 1.807) is 12.1 Å². The third kappa shape index (κ3) is 3.54. The van der Waals surface area contributed by atoms with Gasteiger partial charge in [0.05, 0.1) is 17.4 Å². The number of ether oxygens (including phenoxy) is 1. The third-order valence-electron chi connectivity index (χ3n) is 3.56. The highest BCUT2D eigenvalue weighted by Crippen LogP contribution is 2.25. The predicted molar refractivity (Wildman–Crippen MR) is 78.3 cm³/mol. The van der Waals surface area contributed by atoms with Crippen LogP contribution in [0, 0.1) is 5.92 Å². The van der Waals surface area contributed by atoms with Gasteiger partial charge in [-0.3, -0.25) is 4.79 Å². The molecular formula is C14H20N2O4S. The number of amides is 1. The molecule has 116 valence electrons. The van der Waals surface area contributed by atoms with Gasteiger partial charge in [-0.1, -0.05) is 0 Å². The molecule has 1 fully saturated rings. The van der Waals surface area contributed by atoms with Gasteiger partial charge in [0.1, 0.15) is 5.75 Å². The van der Waals surface area contributed by atoms with Crippen LogP contribution in [0.15, 0.2) is 29.2 Å². The Morgan fingerprint density at radius 3 is 2.62 bits per heavy atom. The van der Waals surface area contributed by atoms with E-state index in [-0.39, 0.29) is 11.4 Å². The Morgan fingerprint density at radius 1 is 1.38 bits per heavy atom. The largest absolute Gasteiger partial charge is 0.494 e. The second kappa shape index (κ2) is 6.44. The molecule has 6 nitrogen and oxygen atoms in total. The average molecular weight is 312 g/mol. The number of nitrogens with zero attached hydrogens (tertiary/aromatic N) is 1. The molecule has 1 aromatic carbocycles. The van der Waals surface area contributed by atoms with E-state index in [0.29, 0.717) is 31.7 Å². The van der Waals surface area contributed by atoms with Gasteiger partial charge in [-0.15, -0.1) is 0 Å². The molecule has 1 aliphatic rings. The first kappa shape index (κ1) is 15.8. The van der Waals surface area contributed by atoms with Gasteiger partial charge < -0.3 is 10.5 Å². The topological polar surface area (TPSA) is 89.7 Å². The molecule has 0 radical (unpaired) electrons. The molecule has 1 amide bonds. The van der Waals surface area contributed by atoms with Crippen LogP contribution in [0.2, 0.25) is 0 Å². The summed E-state index contributed by atoms with van der Waals surface area (Å²) < 4.78 is 31.7. The lowest BCUT2D eigenvalue weighted by atomic mass is 9.99. The Bertz CT molecular complexity index is 598. The van der Waals surface area contributed by atoms with Crippen molar-refractivity contribution in [2.75, 3.05) is 19.7 Å². The molecule has 0 aromatic heterocycles. The highest BCUT2D eigenvalue weighted by atomic mass is 32.2. The summed E-state index contributed by atoms with van der Waals surface area (Å²) >= 11 is 0. The summed E-state index contributed by atoms with van der Waals surface area (Å²) in [5, 5.41) is 0. The summed E-state index contributed by atoms with van der Waals surface area (Å²) in [7, 11) is -3.59. The van der Waals surface area contributed by atoms with Crippen LogP contribution in [0.25, 0.3) is 0 Å². The van der Waals surface area contributed by atoms with Crippen LogP contribution in [-0.4, -0.2) is 38.3 Å². The van der Waals surface area contributed by atoms with Crippen LogP contribution in [0.3, 0.4) is 0 Å². The SMILES string of the molecule is CCOc1ccc(S(=O)(=O)N2CCCC(C(N)=O)C2)cc1. The molecule has 1 atom stereocenters. The third-order valence-corrected chi connectivity index (χ3v) is 5.44. The average Bonchev–Trinajstić information content (AvgIpc) is 2.48. The van der Waals surface area contributed by atoms with E-state index in [0.717, 1.165) is 0 Å². The molecule has 0 aliphatic carbocycles. The molecule has 0 saturated carbocycles. The normalized spacial score (nSPS) is 20.1. The Labute approximate surface area is 124 Å². The van der Waals surface area contributed by atoms with Crippen LogP contribution in [0.5, 0.6) is 5.75 Å². The van der Waals surface area contributed by atoms with Gasteiger partial charge in [0.2, 0.25) is 15.9 Å². The van der Waals surface area contributed by atoms with Gasteiger partial charge >= 0.3 is 0 Å². The summed E-state index contributed by atoms with van der Waals surface area (Å²) in [4.78, 5) is 11.5. The Balaban J connectivity index is 2.18. The number of rotatable bonds is 5. The van der Waals surface area contributed by atoms with Crippen molar-refractivity contribution in [1.29, 1.82) is 0 Å². The zero-order valence-electron chi connectivity index (χ0n) is 12.0. The fourth-order valence-electron chi connectivity index (χ4n) is 2.42. The molecule has 7 heteroatoms. The van der Waals surface area contributed by atoms with E-state index in [1.807, 2.05) is 6.92 Å². The highest BCUT2D eigenvalue weighted by molar-refractivity contribution is 7.89. The van der Waals surface area contributed by atoms with Crippen molar-refractivity contribution in [3.8, 4) is 5.75 Å². The molecular weight excluding hydrogens is 292 g/mol. The van der Waals surface area contributed by atoms with Gasteiger partial charge in [-0.2, -0.15) is 4.31 Å². The number of primary amides is 1. The van der Waals surface area contributed by atoms with Crippen molar-refractivity contribution in [1.82, 2.24) is 4.31 Å². The number of piperidine rings is 1. The number of benzene rings is 1. The first-order valence-corrected chi connectivity index (χ1v) is 8.41. The lowest BCUT2D eigenvalue weighted by Gasteiger charge is -2.30. The van der Waals surface area contributed by atoms with Crippen LogP contribution < -0.4 is 10.5 Å². The number of carbonyl (C=O) groups is 1. The number of nitrogens with two attached hydrogens (primary N) is 1. The Kier molecular flexibility index (Phi) is 4.84. The maximum atomic E-state index is 12.6. The summed E-state index contributed by atoms with van der Waals surface area (Å²) in [6, 6.07) is 6.31. The van der Waals surface area contributed by atoms with Crippen molar-refractivity contribution in [2.45, 2.75) is 24.7 Å². The van der Waals surface area contributed by atoms with Gasteiger partial charge in [0, 0.05) is 13.1 Å². The lowest BCUT2D eigenvalue weighted by Crippen LogP contribution is -2.43. The molecule has 1 aliphatic heterocycles. The first-order chi connectivity index (χ1) is 9.95. The number of hydrogen-bond acceptors (Lipinski definition) is 4. The van der Waals surface area contributed by atoms with E-state index < -0.39 is 21.8 Å². The Morgan fingerprint density at radius 2 is 2.05 bits per heavy atom. The lowest BCUT2D eigenvalue weighted by molar-refractivity contribution is -0.122. The monoisotopic (exact) mass is 312 g/mol. The second-order valence-corrected chi connectivity index (χ2v) is 6.95. The quantitative estimate of drug-likeness (QED) is 0.877. The Hall–Kier alpha value is -1.60. The van der Waals surface area contributed by atoms with Crippen molar-refractivity contribution in [2.24, 2.45) is 11.7 Å². The summed E-state index contributed by atoms with van der Waals surface area (Å²) in [5.74, 6) is -0.220. The van der Waals surface area contributed by atoms with Crippen molar-refractivity contribution in [3.05, 3.63) is 24.3 Å². The molecule has 0 spiro atoms. The van der Waals surface area contributed by atoms with Crippen molar-refractivity contribution in [3.63, 3.8) is 0 Å². The molecule has 0 bridgehead atoms. The minimum atomic E-state index is -3.59. The summed E-state index contributed by atoms with van der Waals surface area (Å²) in [5.41, 5.74) is 5.29. The maximum absolute atomic E-state index is 12.6. The molecule has 2 rings (SSSR count). The predicted octanol–water partition coefficient (Wildman–Crippen LogP) is 0.971. The molecule has 1 saturated heterocycles. The van der Waals surface area contributed by atoms with E-state index in [2.05, 4.69) is 0 Å². The molecule has 2 N–H and O–H groups in total. The van der Waals surface area contributed by atoms with Crippen LogP contribution in [0.4, 0.5) is 0 Å². The molecule has 1 aromatic rings. The maximum Gasteiger partial charge on any atom is 0.243 e. The molecule has 21 heavy (non-hydrogen) atoms. The smallest absolute Gasteiger partial charge is 0.243 e. The van der Waals surface area contributed by atoms with Gasteiger partial charge in [0.25, 0.3) is 0 Å². The second-order valence-electron chi connectivity index (χ2n) is 5.01. The first-order valence-electron chi connectivity index (χ1n) is 6.97. The standard InChI is InChI=1S/C14H20N2O4S/c1-2-20-12-5-7-13(8-6-12)21(18,19)16-9-3-4-11(10-16)14(15)17/h5-8,11H,2-4,9-10H2,1H3,(H2,15,17). The fourth-order valence-corrected chi connectivity index (χ4v) is 3.94. The van der Waals surface area contributed by atoms with Gasteiger partial charge in [0.15, 0.2) is 0 Å². The molecule has 1 unspecified atom stereocenters. The zero-order valence-corrected chi connectivity index (χ0v) is 12.8. The zero-order chi connectivity index (χ0) is 15.5. The van der Waals surface area contributed by atoms with E-state index in [1.165, 1.54) is 16.4 Å². The van der Waals surface area contributed by atoms with E-state index in [9.17, 15) is 13.2 Å².